The summed E-state index contributed by atoms with van der Waals surface area (Å²) >= 11 is 13.5. The number of hydrogen-bond donors (Lipinski definition) is 1. The summed E-state index contributed by atoms with van der Waals surface area (Å²) in [5.41, 5.74) is 0.872. The molecule has 1 aromatic carbocycles. The molecule has 17 heavy (non-hydrogen) atoms. The number of rotatable bonds is 4. The summed E-state index contributed by atoms with van der Waals surface area (Å²) in [7, 11) is 0. The zero-order chi connectivity index (χ0) is 12.3. The van der Waals surface area contributed by atoms with E-state index in [9.17, 15) is 0 Å². The Kier molecular flexibility index (Phi) is 4.34. The van der Waals surface area contributed by atoms with Crippen LogP contribution in [0.1, 0.15) is 11.9 Å². The van der Waals surface area contributed by atoms with Crippen molar-refractivity contribution in [1.29, 1.82) is 0 Å². The third-order valence-corrected chi connectivity index (χ3v) is 3.66. The van der Waals surface area contributed by atoms with E-state index in [0.717, 1.165) is 28.7 Å². The van der Waals surface area contributed by atoms with Gasteiger partial charge in [0.1, 0.15) is 10.0 Å². The molecule has 0 amide bonds. The van der Waals surface area contributed by atoms with Crippen LogP contribution in [0.2, 0.25) is 10.0 Å². The molecule has 0 saturated heterocycles. The molecule has 0 unspecified atom stereocenters. The maximum Gasteiger partial charge on any atom is 0.149 e. The zero-order valence-electron chi connectivity index (χ0n) is 9.20. The van der Waals surface area contributed by atoms with Gasteiger partial charge < -0.3 is 5.32 Å². The maximum atomic E-state index is 6.12. The van der Waals surface area contributed by atoms with Crippen LogP contribution in [0.25, 0.3) is 10.6 Å². The van der Waals surface area contributed by atoms with E-state index in [1.807, 2.05) is 6.07 Å². The summed E-state index contributed by atoms with van der Waals surface area (Å²) in [6.45, 7) is 3.70. The van der Waals surface area contributed by atoms with Crippen molar-refractivity contribution in [3.05, 3.63) is 33.3 Å². The first-order valence-electron chi connectivity index (χ1n) is 5.19. The second-order valence-corrected chi connectivity index (χ2v) is 5.31. The SMILES string of the molecule is CCNCc1nnc(-c2ccc(Cl)cc2Cl)s1. The van der Waals surface area contributed by atoms with E-state index < -0.39 is 0 Å². The number of halogens is 2. The van der Waals surface area contributed by atoms with E-state index in [0.29, 0.717) is 10.0 Å². The Hall–Kier alpha value is -0.680. The Labute approximate surface area is 114 Å². The van der Waals surface area contributed by atoms with Crippen molar-refractivity contribution in [2.45, 2.75) is 13.5 Å². The zero-order valence-corrected chi connectivity index (χ0v) is 11.5. The number of aromatic nitrogens is 2. The molecule has 0 saturated carbocycles. The predicted molar refractivity (Wildman–Crippen MR) is 72.7 cm³/mol. The molecule has 0 aliphatic rings. The van der Waals surface area contributed by atoms with Crippen molar-refractivity contribution < 1.29 is 0 Å². The molecule has 1 heterocycles. The smallest absolute Gasteiger partial charge is 0.149 e. The monoisotopic (exact) mass is 287 g/mol. The molecule has 6 heteroatoms. The second-order valence-electron chi connectivity index (χ2n) is 3.41. The van der Waals surface area contributed by atoms with Crippen LogP contribution in [-0.4, -0.2) is 16.7 Å². The fourth-order valence-corrected chi connectivity index (χ4v) is 2.73. The molecule has 1 aromatic heterocycles. The predicted octanol–water partition coefficient (Wildman–Crippen LogP) is 3.62. The minimum absolute atomic E-state index is 0.601. The molecule has 0 radical (unpaired) electrons. The number of nitrogens with zero attached hydrogens (tertiary/aromatic N) is 2. The fraction of sp³-hybridized carbons (Fsp3) is 0.273. The number of benzene rings is 1. The molecule has 90 valence electrons. The van der Waals surface area contributed by atoms with Gasteiger partial charge in [-0.1, -0.05) is 41.5 Å². The van der Waals surface area contributed by atoms with E-state index in [1.54, 1.807) is 12.1 Å². The van der Waals surface area contributed by atoms with Gasteiger partial charge >= 0.3 is 0 Å². The van der Waals surface area contributed by atoms with Crippen LogP contribution in [0, 0.1) is 0 Å². The average Bonchev–Trinajstić information content (AvgIpc) is 2.75. The van der Waals surface area contributed by atoms with Crippen LogP contribution in [0.4, 0.5) is 0 Å². The maximum absolute atomic E-state index is 6.12. The summed E-state index contributed by atoms with van der Waals surface area (Å²) in [6.07, 6.45) is 0. The van der Waals surface area contributed by atoms with Crippen LogP contribution < -0.4 is 5.32 Å². The largest absolute Gasteiger partial charge is 0.311 e. The van der Waals surface area contributed by atoms with E-state index in [4.69, 9.17) is 23.2 Å². The molecule has 2 aromatic rings. The molecule has 0 fully saturated rings. The molecule has 0 aliphatic carbocycles. The lowest BCUT2D eigenvalue weighted by Crippen LogP contribution is -2.11. The van der Waals surface area contributed by atoms with Gasteiger partial charge in [0.15, 0.2) is 0 Å². The molecule has 0 spiro atoms. The highest BCUT2D eigenvalue weighted by Crippen LogP contribution is 2.32. The lowest BCUT2D eigenvalue weighted by atomic mass is 10.2. The Balaban J connectivity index is 2.24. The summed E-state index contributed by atoms with van der Waals surface area (Å²) < 4.78 is 0. The topological polar surface area (TPSA) is 37.8 Å². The van der Waals surface area contributed by atoms with Crippen LogP contribution in [-0.2, 0) is 6.54 Å². The summed E-state index contributed by atoms with van der Waals surface area (Å²) in [6, 6.07) is 5.38. The molecule has 0 atom stereocenters. The molecule has 1 N–H and O–H groups in total. The molecule has 0 aliphatic heterocycles. The van der Waals surface area contributed by atoms with Gasteiger partial charge in [0, 0.05) is 17.1 Å². The van der Waals surface area contributed by atoms with E-state index in [-0.39, 0.29) is 0 Å². The molecular weight excluding hydrogens is 277 g/mol. The van der Waals surface area contributed by atoms with Crippen LogP contribution in [0.15, 0.2) is 18.2 Å². The van der Waals surface area contributed by atoms with Crippen LogP contribution in [0.3, 0.4) is 0 Å². The fourth-order valence-electron chi connectivity index (χ4n) is 1.33. The van der Waals surface area contributed by atoms with Gasteiger partial charge in [-0.3, -0.25) is 0 Å². The van der Waals surface area contributed by atoms with Gasteiger partial charge in [0.05, 0.1) is 5.02 Å². The van der Waals surface area contributed by atoms with Crippen molar-refractivity contribution in [2.75, 3.05) is 6.54 Å². The summed E-state index contributed by atoms with van der Waals surface area (Å²) in [4.78, 5) is 0. The first kappa shape index (κ1) is 12.8. The Bertz CT molecular complexity index is 513. The highest BCUT2D eigenvalue weighted by Gasteiger charge is 2.10. The second kappa shape index (κ2) is 5.78. The van der Waals surface area contributed by atoms with Crippen LogP contribution in [0.5, 0.6) is 0 Å². The first-order chi connectivity index (χ1) is 8.20. The molecular formula is C11H11Cl2N3S. The lowest BCUT2D eigenvalue weighted by molar-refractivity contribution is 0.715. The third-order valence-electron chi connectivity index (χ3n) is 2.15. The quantitative estimate of drug-likeness (QED) is 0.933. The van der Waals surface area contributed by atoms with Crippen molar-refractivity contribution in [1.82, 2.24) is 15.5 Å². The van der Waals surface area contributed by atoms with Gasteiger partial charge in [-0.05, 0) is 24.7 Å². The van der Waals surface area contributed by atoms with Crippen molar-refractivity contribution >= 4 is 34.5 Å². The lowest BCUT2D eigenvalue weighted by Gasteiger charge is -1.99. The van der Waals surface area contributed by atoms with Gasteiger partial charge in [-0.2, -0.15) is 0 Å². The average molecular weight is 288 g/mol. The molecule has 0 bridgehead atoms. The Morgan fingerprint density at radius 2 is 2.12 bits per heavy atom. The Morgan fingerprint density at radius 3 is 2.82 bits per heavy atom. The van der Waals surface area contributed by atoms with Crippen molar-refractivity contribution in [3.63, 3.8) is 0 Å². The standard InChI is InChI=1S/C11H11Cl2N3S/c1-2-14-6-10-15-16-11(17-10)8-4-3-7(12)5-9(8)13/h3-5,14H,2,6H2,1H3. The van der Waals surface area contributed by atoms with E-state index in [1.165, 1.54) is 11.3 Å². The summed E-state index contributed by atoms with van der Waals surface area (Å²) in [5.74, 6) is 0. The normalized spacial score (nSPS) is 10.8. The highest BCUT2D eigenvalue weighted by molar-refractivity contribution is 7.14. The summed E-state index contributed by atoms with van der Waals surface area (Å²) in [5, 5.41) is 14.4. The highest BCUT2D eigenvalue weighted by atomic mass is 35.5. The van der Waals surface area contributed by atoms with Gasteiger partial charge in [-0.15, -0.1) is 10.2 Å². The first-order valence-corrected chi connectivity index (χ1v) is 6.76. The Morgan fingerprint density at radius 1 is 1.29 bits per heavy atom. The minimum Gasteiger partial charge on any atom is -0.311 e. The number of hydrogen-bond acceptors (Lipinski definition) is 4. The van der Waals surface area contributed by atoms with Gasteiger partial charge in [0.25, 0.3) is 0 Å². The van der Waals surface area contributed by atoms with Crippen LogP contribution >= 0.6 is 34.5 Å². The third kappa shape index (κ3) is 3.16. The molecule has 2 rings (SSSR count). The van der Waals surface area contributed by atoms with Gasteiger partial charge in [0.2, 0.25) is 0 Å². The minimum atomic E-state index is 0.601. The van der Waals surface area contributed by atoms with E-state index in [2.05, 4.69) is 22.4 Å². The van der Waals surface area contributed by atoms with Crippen molar-refractivity contribution in [2.24, 2.45) is 0 Å². The van der Waals surface area contributed by atoms with Crippen molar-refractivity contribution in [3.8, 4) is 10.6 Å². The van der Waals surface area contributed by atoms with E-state index >= 15 is 0 Å². The molecule has 3 nitrogen and oxygen atoms in total. The van der Waals surface area contributed by atoms with Gasteiger partial charge in [-0.25, -0.2) is 0 Å². The number of nitrogens with one attached hydrogen (secondary N) is 1.